The number of hydrogen-bond acceptors (Lipinski definition) is 4. The van der Waals surface area contributed by atoms with Gasteiger partial charge in [-0.15, -0.1) is 10.2 Å². The van der Waals surface area contributed by atoms with E-state index in [4.69, 9.17) is 17.3 Å². The van der Waals surface area contributed by atoms with Crippen molar-refractivity contribution in [2.75, 3.05) is 0 Å². The summed E-state index contributed by atoms with van der Waals surface area (Å²) in [7, 11) is 0. The van der Waals surface area contributed by atoms with E-state index in [1.807, 2.05) is 25.1 Å². The maximum absolute atomic E-state index is 6.04. The first-order valence-electron chi connectivity index (χ1n) is 4.50. The molecule has 0 saturated heterocycles. The number of benzene rings is 1. The van der Waals surface area contributed by atoms with Gasteiger partial charge in [-0.1, -0.05) is 35.1 Å². The summed E-state index contributed by atoms with van der Waals surface area (Å²) in [6.07, 6.45) is 0. The number of nitrogens with two attached hydrogens (primary N) is 1. The minimum absolute atomic E-state index is 0.428. The summed E-state index contributed by atoms with van der Waals surface area (Å²) < 4.78 is 0. The molecule has 0 amide bonds. The second kappa shape index (κ2) is 4.26. The highest BCUT2D eigenvalue weighted by Crippen LogP contribution is 2.30. The number of hydrogen-bond donors (Lipinski definition) is 1. The van der Waals surface area contributed by atoms with E-state index in [1.165, 1.54) is 11.3 Å². The fourth-order valence-corrected chi connectivity index (χ4v) is 2.26. The lowest BCUT2D eigenvalue weighted by molar-refractivity contribution is 0.960. The third-order valence-corrected chi connectivity index (χ3v) is 3.53. The standard InChI is InChI=1S/C10H10ClN3S/c1-6-7(3-2-4-8(6)11)10-14-13-9(5-12)15-10/h2-4H,5,12H2,1H3. The Morgan fingerprint density at radius 1 is 1.40 bits per heavy atom. The summed E-state index contributed by atoms with van der Waals surface area (Å²) in [5, 5.41) is 10.5. The Morgan fingerprint density at radius 3 is 2.87 bits per heavy atom. The predicted molar refractivity (Wildman–Crippen MR) is 63.0 cm³/mol. The molecule has 15 heavy (non-hydrogen) atoms. The molecule has 0 aliphatic rings. The van der Waals surface area contributed by atoms with E-state index in [0.29, 0.717) is 6.54 Å². The van der Waals surface area contributed by atoms with Crippen molar-refractivity contribution >= 4 is 22.9 Å². The average Bonchev–Trinajstić information content (AvgIpc) is 2.70. The molecular formula is C10H10ClN3S. The van der Waals surface area contributed by atoms with Crippen LogP contribution in [0.5, 0.6) is 0 Å². The van der Waals surface area contributed by atoms with E-state index in [-0.39, 0.29) is 0 Å². The first-order chi connectivity index (χ1) is 7.22. The second-order valence-electron chi connectivity index (χ2n) is 3.12. The van der Waals surface area contributed by atoms with Gasteiger partial charge < -0.3 is 5.73 Å². The Hall–Kier alpha value is -0.970. The molecule has 0 fully saturated rings. The Morgan fingerprint density at radius 2 is 2.20 bits per heavy atom. The first-order valence-corrected chi connectivity index (χ1v) is 5.69. The van der Waals surface area contributed by atoms with Crippen LogP contribution in [0, 0.1) is 6.92 Å². The molecule has 0 aliphatic heterocycles. The van der Waals surface area contributed by atoms with Gasteiger partial charge in [0.1, 0.15) is 10.0 Å². The smallest absolute Gasteiger partial charge is 0.148 e. The average molecular weight is 240 g/mol. The summed E-state index contributed by atoms with van der Waals surface area (Å²) in [5.74, 6) is 0. The van der Waals surface area contributed by atoms with E-state index in [9.17, 15) is 0 Å². The topological polar surface area (TPSA) is 51.8 Å². The molecular weight excluding hydrogens is 230 g/mol. The zero-order chi connectivity index (χ0) is 10.8. The van der Waals surface area contributed by atoms with Crippen molar-refractivity contribution in [3.8, 4) is 10.6 Å². The Kier molecular flexibility index (Phi) is 3.00. The molecule has 2 aromatic rings. The lowest BCUT2D eigenvalue weighted by Crippen LogP contribution is -1.94. The first kappa shape index (κ1) is 10.5. The van der Waals surface area contributed by atoms with Gasteiger partial charge in [0.2, 0.25) is 0 Å². The van der Waals surface area contributed by atoms with Crippen molar-refractivity contribution < 1.29 is 0 Å². The van der Waals surface area contributed by atoms with Gasteiger partial charge in [-0.05, 0) is 18.6 Å². The van der Waals surface area contributed by atoms with E-state index in [0.717, 1.165) is 26.2 Å². The normalized spacial score (nSPS) is 10.6. The maximum Gasteiger partial charge on any atom is 0.148 e. The van der Waals surface area contributed by atoms with Crippen LogP contribution in [0.25, 0.3) is 10.6 Å². The fourth-order valence-electron chi connectivity index (χ4n) is 1.28. The maximum atomic E-state index is 6.04. The van der Waals surface area contributed by atoms with Gasteiger partial charge in [-0.3, -0.25) is 0 Å². The highest BCUT2D eigenvalue weighted by atomic mass is 35.5. The lowest BCUT2D eigenvalue weighted by atomic mass is 10.1. The molecule has 0 saturated carbocycles. The van der Waals surface area contributed by atoms with Crippen LogP contribution >= 0.6 is 22.9 Å². The van der Waals surface area contributed by atoms with Crippen LogP contribution in [0.3, 0.4) is 0 Å². The van der Waals surface area contributed by atoms with Gasteiger partial charge in [0, 0.05) is 17.1 Å². The molecule has 78 valence electrons. The third-order valence-electron chi connectivity index (χ3n) is 2.14. The summed E-state index contributed by atoms with van der Waals surface area (Å²) in [5.41, 5.74) is 7.55. The van der Waals surface area contributed by atoms with Gasteiger partial charge in [0.15, 0.2) is 0 Å². The molecule has 0 atom stereocenters. The zero-order valence-corrected chi connectivity index (χ0v) is 9.77. The van der Waals surface area contributed by atoms with Crippen LogP contribution in [-0.2, 0) is 6.54 Å². The highest BCUT2D eigenvalue weighted by Gasteiger charge is 2.09. The van der Waals surface area contributed by atoms with Crippen LogP contribution in [0.4, 0.5) is 0 Å². The molecule has 2 N–H and O–H groups in total. The Bertz CT molecular complexity index is 481. The summed E-state index contributed by atoms with van der Waals surface area (Å²) in [6, 6.07) is 5.77. The van der Waals surface area contributed by atoms with Crippen molar-refractivity contribution in [2.24, 2.45) is 5.73 Å². The SMILES string of the molecule is Cc1c(Cl)cccc1-c1nnc(CN)s1. The van der Waals surface area contributed by atoms with E-state index < -0.39 is 0 Å². The molecule has 2 rings (SSSR count). The van der Waals surface area contributed by atoms with Crippen LogP contribution in [0.15, 0.2) is 18.2 Å². The largest absolute Gasteiger partial charge is 0.324 e. The van der Waals surface area contributed by atoms with Crippen LogP contribution in [0.2, 0.25) is 5.02 Å². The zero-order valence-electron chi connectivity index (χ0n) is 8.20. The van der Waals surface area contributed by atoms with Crippen molar-refractivity contribution in [1.29, 1.82) is 0 Å². The quantitative estimate of drug-likeness (QED) is 0.877. The van der Waals surface area contributed by atoms with Crippen molar-refractivity contribution in [3.05, 3.63) is 33.8 Å². The molecule has 0 aliphatic carbocycles. The molecule has 0 radical (unpaired) electrons. The molecule has 0 bridgehead atoms. The molecule has 1 aromatic heterocycles. The number of nitrogens with zero attached hydrogens (tertiary/aromatic N) is 2. The van der Waals surface area contributed by atoms with Crippen LogP contribution < -0.4 is 5.73 Å². The summed E-state index contributed by atoms with van der Waals surface area (Å²) >= 11 is 7.54. The van der Waals surface area contributed by atoms with Gasteiger partial charge >= 0.3 is 0 Å². The van der Waals surface area contributed by atoms with Gasteiger partial charge in [-0.2, -0.15) is 0 Å². The highest BCUT2D eigenvalue weighted by molar-refractivity contribution is 7.14. The fraction of sp³-hybridized carbons (Fsp3) is 0.200. The van der Waals surface area contributed by atoms with Crippen molar-refractivity contribution in [1.82, 2.24) is 10.2 Å². The van der Waals surface area contributed by atoms with Crippen molar-refractivity contribution in [3.63, 3.8) is 0 Å². The number of aromatic nitrogens is 2. The van der Waals surface area contributed by atoms with Gasteiger partial charge in [-0.25, -0.2) is 0 Å². The molecule has 0 unspecified atom stereocenters. The molecule has 3 nitrogen and oxygen atoms in total. The molecule has 1 heterocycles. The molecule has 0 spiro atoms. The monoisotopic (exact) mass is 239 g/mol. The molecule has 1 aromatic carbocycles. The van der Waals surface area contributed by atoms with Crippen LogP contribution in [-0.4, -0.2) is 10.2 Å². The number of halogens is 1. The van der Waals surface area contributed by atoms with Crippen molar-refractivity contribution in [2.45, 2.75) is 13.5 Å². The Balaban J connectivity index is 2.49. The van der Waals surface area contributed by atoms with Gasteiger partial charge in [0.25, 0.3) is 0 Å². The van der Waals surface area contributed by atoms with E-state index in [2.05, 4.69) is 10.2 Å². The Labute approximate surface area is 96.9 Å². The van der Waals surface area contributed by atoms with E-state index in [1.54, 1.807) is 0 Å². The predicted octanol–water partition coefficient (Wildman–Crippen LogP) is 2.63. The minimum Gasteiger partial charge on any atom is -0.324 e. The third kappa shape index (κ3) is 2.02. The second-order valence-corrected chi connectivity index (χ2v) is 4.59. The lowest BCUT2D eigenvalue weighted by Gasteiger charge is -2.02. The van der Waals surface area contributed by atoms with Crippen LogP contribution in [0.1, 0.15) is 10.6 Å². The summed E-state index contributed by atoms with van der Waals surface area (Å²) in [4.78, 5) is 0. The number of rotatable bonds is 2. The van der Waals surface area contributed by atoms with E-state index >= 15 is 0 Å². The minimum atomic E-state index is 0.428. The molecule has 5 heteroatoms. The van der Waals surface area contributed by atoms with Gasteiger partial charge in [0.05, 0.1) is 0 Å². The summed E-state index contributed by atoms with van der Waals surface area (Å²) in [6.45, 7) is 2.40.